The minimum absolute atomic E-state index is 0.887. The summed E-state index contributed by atoms with van der Waals surface area (Å²) in [4.78, 5) is 0. The summed E-state index contributed by atoms with van der Waals surface area (Å²) in [5, 5.41) is 3.43. The second-order valence-electron chi connectivity index (χ2n) is 13.4. The third-order valence-electron chi connectivity index (χ3n) is 10.3. The van der Waals surface area contributed by atoms with Crippen LogP contribution in [0.3, 0.4) is 0 Å². The molecule has 0 aliphatic rings. The molecule has 8 aromatic carbocycles. The lowest BCUT2D eigenvalue weighted by molar-refractivity contribution is 0.669. The standard InChI is InChI=1S/C50H33NO/c1-4-10-34(11-5-1)37-16-18-39(19-17-37)41-24-27-48-44(30-41)47(40-22-20-38(21-23-40)35-12-6-2-7-13-35)33-51(48)43-26-29-50-46(32-43)45-31-42(25-28-49(45)52-50)36-14-8-3-9-15-36/h1-33H. The predicted molar refractivity (Wildman–Crippen MR) is 218 cm³/mol. The highest BCUT2D eigenvalue weighted by atomic mass is 16.3. The maximum absolute atomic E-state index is 6.34. The van der Waals surface area contributed by atoms with Gasteiger partial charge in [0.05, 0.1) is 5.52 Å². The molecule has 0 aliphatic carbocycles. The molecular weight excluding hydrogens is 631 g/mol. The van der Waals surface area contributed by atoms with Gasteiger partial charge in [0, 0.05) is 33.6 Å². The molecule has 0 atom stereocenters. The van der Waals surface area contributed by atoms with Gasteiger partial charge in [0.25, 0.3) is 0 Å². The Balaban J connectivity index is 1.11. The first-order valence-electron chi connectivity index (χ1n) is 17.7. The molecule has 0 amide bonds. The van der Waals surface area contributed by atoms with Gasteiger partial charge in [0.15, 0.2) is 0 Å². The minimum Gasteiger partial charge on any atom is -0.456 e. The van der Waals surface area contributed by atoms with Gasteiger partial charge in [0.1, 0.15) is 11.2 Å². The van der Waals surface area contributed by atoms with Crippen LogP contribution in [0.2, 0.25) is 0 Å². The summed E-state index contributed by atoms with van der Waals surface area (Å²) in [5.74, 6) is 0. The zero-order valence-electron chi connectivity index (χ0n) is 28.4. The van der Waals surface area contributed by atoms with E-state index in [4.69, 9.17) is 4.42 Å². The summed E-state index contributed by atoms with van der Waals surface area (Å²) in [5.41, 5.74) is 16.0. The number of rotatable bonds is 6. The fourth-order valence-electron chi connectivity index (χ4n) is 7.54. The Morgan fingerprint density at radius 3 is 1.29 bits per heavy atom. The number of fused-ring (bicyclic) bond motifs is 4. The molecular formula is C50H33NO. The molecule has 0 unspecified atom stereocenters. The monoisotopic (exact) mass is 663 g/mol. The van der Waals surface area contributed by atoms with Crippen LogP contribution in [0.25, 0.3) is 94.2 Å². The Labute approximate surface area is 302 Å². The number of hydrogen-bond donors (Lipinski definition) is 0. The molecule has 2 nitrogen and oxygen atoms in total. The van der Waals surface area contributed by atoms with Crippen LogP contribution in [0.15, 0.2) is 205 Å². The zero-order chi connectivity index (χ0) is 34.4. The van der Waals surface area contributed by atoms with E-state index in [0.29, 0.717) is 0 Å². The van der Waals surface area contributed by atoms with E-state index in [2.05, 4.69) is 205 Å². The fourth-order valence-corrected chi connectivity index (χ4v) is 7.54. The van der Waals surface area contributed by atoms with E-state index >= 15 is 0 Å². The topological polar surface area (TPSA) is 18.1 Å². The van der Waals surface area contributed by atoms with Crippen LogP contribution < -0.4 is 0 Å². The molecule has 10 rings (SSSR count). The van der Waals surface area contributed by atoms with Crippen molar-refractivity contribution in [3.8, 4) is 61.3 Å². The summed E-state index contributed by atoms with van der Waals surface area (Å²) in [6.07, 6.45) is 2.29. The lowest BCUT2D eigenvalue weighted by Crippen LogP contribution is -1.91. The van der Waals surface area contributed by atoms with Crippen LogP contribution in [-0.4, -0.2) is 4.57 Å². The van der Waals surface area contributed by atoms with Gasteiger partial charge >= 0.3 is 0 Å². The summed E-state index contributed by atoms with van der Waals surface area (Å²) >= 11 is 0. The van der Waals surface area contributed by atoms with Crippen LogP contribution >= 0.6 is 0 Å². The summed E-state index contributed by atoms with van der Waals surface area (Å²) in [6.45, 7) is 0. The number of nitrogens with zero attached hydrogens (tertiary/aromatic N) is 1. The molecule has 0 N–H and O–H groups in total. The Morgan fingerprint density at radius 2 is 0.712 bits per heavy atom. The van der Waals surface area contributed by atoms with Crippen molar-refractivity contribution in [3.05, 3.63) is 200 Å². The molecule has 0 bridgehead atoms. The lowest BCUT2D eigenvalue weighted by atomic mass is 9.97. The summed E-state index contributed by atoms with van der Waals surface area (Å²) in [6, 6.07) is 69.4. The molecule has 2 heterocycles. The van der Waals surface area contributed by atoms with Crippen molar-refractivity contribution < 1.29 is 4.42 Å². The molecule has 0 spiro atoms. The van der Waals surface area contributed by atoms with Crippen LogP contribution in [0.4, 0.5) is 0 Å². The normalized spacial score (nSPS) is 11.5. The van der Waals surface area contributed by atoms with E-state index in [-0.39, 0.29) is 0 Å². The van der Waals surface area contributed by atoms with Crippen molar-refractivity contribution in [1.29, 1.82) is 0 Å². The van der Waals surface area contributed by atoms with Crippen LogP contribution in [-0.2, 0) is 0 Å². The molecule has 0 fully saturated rings. The van der Waals surface area contributed by atoms with Gasteiger partial charge in [-0.05, 0) is 92.5 Å². The Kier molecular flexibility index (Phi) is 7.18. The molecule has 244 valence electrons. The first-order chi connectivity index (χ1) is 25.7. The molecule has 0 radical (unpaired) electrons. The Bertz CT molecular complexity index is 2850. The number of furan rings is 1. The van der Waals surface area contributed by atoms with Gasteiger partial charge in [-0.1, -0.05) is 152 Å². The lowest BCUT2D eigenvalue weighted by Gasteiger charge is -2.08. The third kappa shape index (κ3) is 5.30. The van der Waals surface area contributed by atoms with Gasteiger partial charge < -0.3 is 8.98 Å². The average molecular weight is 664 g/mol. The summed E-state index contributed by atoms with van der Waals surface area (Å²) in [7, 11) is 0. The fraction of sp³-hybridized carbons (Fsp3) is 0. The highest BCUT2D eigenvalue weighted by Crippen LogP contribution is 2.39. The van der Waals surface area contributed by atoms with Gasteiger partial charge in [0.2, 0.25) is 0 Å². The van der Waals surface area contributed by atoms with Crippen LogP contribution in [0.5, 0.6) is 0 Å². The highest BCUT2D eigenvalue weighted by Gasteiger charge is 2.16. The third-order valence-corrected chi connectivity index (χ3v) is 10.3. The molecule has 10 aromatic rings. The van der Waals surface area contributed by atoms with E-state index in [1.54, 1.807) is 0 Å². The molecule has 0 saturated carbocycles. The van der Waals surface area contributed by atoms with Crippen molar-refractivity contribution in [2.45, 2.75) is 0 Å². The van der Waals surface area contributed by atoms with Gasteiger partial charge in [-0.2, -0.15) is 0 Å². The maximum Gasteiger partial charge on any atom is 0.135 e. The second-order valence-corrected chi connectivity index (χ2v) is 13.4. The number of benzene rings is 8. The maximum atomic E-state index is 6.34. The van der Waals surface area contributed by atoms with Crippen molar-refractivity contribution in [2.24, 2.45) is 0 Å². The van der Waals surface area contributed by atoms with Gasteiger partial charge in [-0.25, -0.2) is 0 Å². The number of hydrogen-bond acceptors (Lipinski definition) is 1. The van der Waals surface area contributed by atoms with E-state index in [0.717, 1.165) is 33.1 Å². The molecule has 0 saturated heterocycles. The SMILES string of the molecule is c1ccc(-c2ccc(-c3ccc4c(c3)c(-c3ccc(-c5ccccc5)cc3)cn4-c3ccc4oc5ccc(-c6ccccc6)cc5c4c3)cc2)cc1. The largest absolute Gasteiger partial charge is 0.456 e. The van der Waals surface area contributed by atoms with E-state index in [1.807, 2.05) is 0 Å². The Morgan fingerprint density at radius 1 is 0.308 bits per heavy atom. The van der Waals surface area contributed by atoms with Crippen molar-refractivity contribution in [2.75, 3.05) is 0 Å². The quantitative estimate of drug-likeness (QED) is 0.173. The van der Waals surface area contributed by atoms with Gasteiger partial charge in [-0.15, -0.1) is 0 Å². The molecule has 2 heteroatoms. The van der Waals surface area contributed by atoms with Crippen molar-refractivity contribution in [1.82, 2.24) is 4.57 Å². The smallest absolute Gasteiger partial charge is 0.135 e. The van der Waals surface area contributed by atoms with E-state index < -0.39 is 0 Å². The van der Waals surface area contributed by atoms with E-state index in [1.165, 1.54) is 61.0 Å². The molecule has 0 aliphatic heterocycles. The van der Waals surface area contributed by atoms with Crippen LogP contribution in [0, 0.1) is 0 Å². The van der Waals surface area contributed by atoms with Crippen molar-refractivity contribution >= 4 is 32.8 Å². The van der Waals surface area contributed by atoms with E-state index in [9.17, 15) is 0 Å². The predicted octanol–water partition coefficient (Wildman–Crippen LogP) is 13.9. The van der Waals surface area contributed by atoms with Gasteiger partial charge in [-0.3, -0.25) is 0 Å². The average Bonchev–Trinajstić information content (AvgIpc) is 3.80. The second kappa shape index (κ2) is 12.5. The Hall–Kier alpha value is -6.90. The first-order valence-corrected chi connectivity index (χ1v) is 17.7. The number of aromatic nitrogens is 1. The molecule has 52 heavy (non-hydrogen) atoms. The first kappa shape index (κ1) is 30.0. The molecule has 2 aromatic heterocycles. The van der Waals surface area contributed by atoms with Crippen molar-refractivity contribution in [3.63, 3.8) is 0 Å². The minimum atomic E-state index is 0.887. The summed E-state index contributed by atoms with van der Waals surface area (Å²) < 4.78 is 8.67. The highest BCUT2D eigenvalue weighted by molar-refractivity contribution is 6.07. The van der Waals surface area contributed by atoms with Crippen LogP contribution in [0.1, 0.15) is 0 Å². The zero-order valence-corrected chi connectivity index (χ0v) is 28.4.